The van der Waals surface area contributed by atoms with E-state index < -0.39 is 11.9 Å². The third kappa shape index (κ3) is 9.43. The van der Waals surface area contributed by atoms with E-state index >= 15 is 0 Å². The number of fused-ring (bicyclic) bond motifs is 2. The predicted molar refractivity (Wildman–Crippen MR) is 215 cm³/mol. The molecule has 0 amide bonds. The SMILES string of the molecule is COC(=O)c1ccccc1OCc1nc2ccccn2c1C#Cc1ccc(F)cc1.O=C(O)c1ccccc1OCc1nc2ccccn2c1C#Cc1ccc(F)cc1. The van der Waals surface area contributed by atoms with E-state index in [4.69, 9.17) is 14.2 Å². The number of aromatic nitrogens is 4. The van der Waals surface area contributed by atoms with Crippen LogP contribution in [0.15, 0.2) is 146 Å². The third-order valence-electron chi connectivity index (χ3n) is 8.68. The number of imidazole rings is 2. The zero-order valence-corrected chi connectivity index (χ0v) is 31.3. The van der Waals surface area contributed by atoms with E-state index in [1.165, 1.54) is 37.4 Å². The van der Waals surface area contributed by atoms with Crippen molar-refractivity contribution < 1.29 is 37.7 Å². The first-order valence-corrected chi connectivity index (χ1v) is 18.0. The van der Waals surface area contributed by atoms with Gasteiger partial charge in [-0.25, -0.2) is 28.3 Å². The normalized spacial score (nSPS) is 10.4. The summed E-state index contributed by atoms with van der Waals surface area (Å²) in [6.45, 7) is 0.169. The maximum Gasteiger partial charge on any atom is 0.341 e. The second-order valence-corrected chi connectivity index (χ2v) is 12.6. The number of hydrogen-bond acceptors (Lipinski definition) is 7. The topological polar surface area (TPSA) is 117 Å². The molecule has 0 spiro atoms. The summed E-state index contributed by atoms with van der Waals surface area (Å²) in [5, 5.41) is 9.31. The molecule has 59 heavy (non-hydrogen) atoms. The molecule has 4 aromatic heterocycles. The van der Waals surface area contributed by atoms with Crippen LogP contribution in [0.1, 0.15) is 54.6 Å². The summed E-state index contributed by atoms with van der Waals surface area (Å²) in [6, 6.07) is 36.4. The molecular weight excluding hydrogens is 755 g/mol. The van der Waals surface area contributed by atoms with Crippen molar-refractivity contribution in [3.63, 3.8) is 0 Å². The van der Waals surface area contributed by atoms with Crippen LogP contribution in [-0.4, -0.2) is 42.9 Å². The molecule has 290 valence electrons. The molecule has 0 aliphatic heterocycles. The van der Waals surface area contributed by atoms with E-state index in [1.54, 1.807) is 66.7 Å². The first-order valence-electron chi connectivity index (χ1n) is 18.0. The van der Waals surface area contributed by atoms with Crippen molar-refractivity contribution in [1.82, 2.24) is 18.8 Å². The van der Waals surface area contributed by atoms with Gasteiger partial charge in [-0.05, 0) is 109 Å². The third-order valence-corrected chi connectivity index (χ3v) is 8.68. The van der Waals surface area contributed by atoms with E-state index in [0.29, 0.717) is 50.9 Å². The van der Waals surface area contributed by atoms with Gasteiger partial charge in [-0.3, -0.25) is 8.80 Å². The number of pyridine rings is 2. The van der Waals surface area contributed by atoms with Gasteiger partial charge in [-0.15, -0.1) is 0 Å². The van der Waals surface area contributed by atoms with Crippen LogP contribution < -0.4 is 9.47 Å². The molecule has 10 nitrogen and oxygen atoms in total. The number of rotatable bonds is 8. The smallest absolute Gasteiger partial charge is 0.341 e. The molecule has 0 radical (unpaired) electrons. The number of benzene rings is 4. The summed E-state index contributed by atoms with van der Waals surface area (Å²) in [5.41, 5.74) is 5.66. The van der Waals surface area contributed by atoms with Crippen molar-refractivity contribution >= 4 is 23.2 Å². The molecule has 1 N–H and O–H groups in total. The molecule has 0 aliphatic rings. The molecule has 0 saturated heterocycles. The Kier molecular flexibility index (Phi) is 12.0. The summed E-state index contributed by atoms with van der Waals surface area (Å²) < 4.78 is 46.4. The quantitative estimate of drug-likeness (QED) is 0.121. The average molecular weight is 787 g/mol. The first-order chi connectivity index (χ1) is 28.8. The monoisotopic (exact) mass is 786 g/mol. The molecule has 0 saturated carbocycles. The Morgan fingerprint density at radius 1 is 0.576 bits per heavy atom. The number of nitrogens with zero attached hydrogens (tertiary/aromatic N) is 4. The van der Waals surface area contributed by atoms with Gasteiger partial charge in [0.25, 0.3) is 0 Å². The lowest BCUT2D eigenvalue weighted by Crippen LogP contribution is -2.06. The van der Waals surface area contributed by atoms with Crippen LogP contribution in [0.2, 0.25) is 0 Å². The van der Waals surface area contributed by atoms with Gasteiger partial charge in [0.05, 0.1) is 7.11 Å². The Labute approximate surface area is 336 Å². The van der Waals surface area contributed by atoms with Crippen LogP contribution in [0.4, 0.5) is 8.78 Å². The number of carbonyl (C=O) groups is 2. The highest BCUT2D eigenvalue weighted by atomic mass is 19.1. The molecule has 0 bridgehead atoms. The number of methoxy groups -OCH3 is 1. The highest BCUT2D eigenvalue weighted by Gasteiger charge is 2.17. The van der Waals surface area contributed by atoms with Gasteiger partial charge in [0, 0.05) is 23.5 Å². The summed E-state index contributed by atoms with van der Waals surface area (Å²) in [5.74, 6) is 10.7. The van der Waals surface area contributed by atoms with Crippen molar-refractivity contribution in [2.24, 2.45) is 0 Å². The number of halogens is 2. The molecule has 12 heteroatoms. The molecule has 4 aromatic carbocycles. The average Bonchev–Trinajstić information content (AvgIpc) is 3.81. The summed E-state index contributed by atoms with van der Waals surface area (Å²) in [7, 11) is 1.32. The van der Waals surface area contributed by atoms with Crippen LogP contribution >= 0.6 is 0 Å². The molecule has 0 atom stereocenters. The minimum absolute atomic E-state index is 0.0550. The molecule has 0 fully saturated rings. The fraction of sp³-hybridized carbons (Fsp3) is 0.0638. The van der Waals surface area contributed by atoms with Crippen molar-refractivity contribution in [2.45, 2.75) is 13.2 Å². The molecular formula is C47H32F2N4O6. The second kappa shape index (κ2) is 18.2. The number of carbonyl (C=O) groups excluding carboxylic acids is 1. The number of hydrogen-bond donors (Lipinski definition) is 1. The number of carboxylic acids is 1. The van der Waals surface area contributed by atoms with Crippen LogP contribution in [-0.2, 0) is 18.0 Å². The van der Waals surface area contributed by atoms with Crippen molar-refractivity contribution in [1.29, 1.82) is 0 Å². The fourth-order valence-electron chi connectivity index (χ4n) is 5.82. The van der Waals surface area contributed by atoms with Crippen LogP contribution in [0, 0.1) is 35.3 Å². The molecule has 8 aromatic rings. The van der Waals surface area contributed by atoms with Crippen molar-refractivity contribution in [3.8, 4) is 35.2 Å². The summed E-state index contributed by atoms with van der Waals surface area (Å²) in [4.78, 5) is 32.5. The Balaban J connectivity index is 0.000000179. The second-order valence-electron chi connectivity index (χ2n) is 12.6. The highest BCUT2D eigenvalue weighted by molar-refractivity contribution is 5.92. The largest absolute Gasteiger partial charge is 0.486 e. The van der Waals surface area contributed by atoms with Gasteiger partial charge in [-0.2, -0.15) is 0 Å². The van der Waals surface area contributed by atoms with Crippen LogP contribution in [0.3, 0.4) is 0 Å². The van der Waals surface area contributed by atoms with Crippen molar-refractivity contribution in [2.75, 3.05) is 7.11 Å². The Hall–Kier alpha value is -8.22. The fourth-order valence-corrected chi connectivity index (χ4v) is 5.82. The predicted octanol–water partition coefficient (Wildman–Crippen LogP) is 8.39. The number of esters is 1. The highest BCUT2D eigenvalue weighted by Crippen LogP contribution is 2.23. The minimum atomic E-state index is -1.06. The van der Waals surface area contributed by atoms with E-state index in [1.807, 2.05) is 57.6 Å². The number of aromatic carboxylic acids is 1. The minimum Gasteiger partial charge on any atom is -0.486 e. The van der Waals surface area contributed by atoms with Crippen LogP contribution in [0.5, 0.6) is 11.5 Å². The number of ether oxygens (including phenoxy) is 3. The van der Waals surface area contributed by atoms with Crippen LogP contribution in [0.25, 0.3) is 11.3 Å². The lowest BCUT2D eigenvalue weighted by molar-refractivity contribution is 0.0594. The van der Waals surface area contributed by atoms with Gasteiger partial charge < -0.3 is 19.3 Å². The van der Waals surface area contributed by atoms with Crippen molar-refractivity contribution in [3.05, 3.63) is 203 Å². The Bertz CT molecular complexity index is 2920. The van der Waals surface area contributed by atoms with E-state index in [0.717, 1.165) is 5.65 Å². The molecule has 8 rings (SSSR count). The summed E-state index contributed by atoms with van der Waals surface area (Å²) >= 11 is 0. The maximum absolute atomic E-state index is 13.1. The van der Waals surface area contributed by atoms with E-state index in [-0.39, 0.29) is 36.2 Å². The van der Waals surface area contributed by atoms with E-state index in [2.05, 4.69) is 33.6 Å². The molecule has 4 heterocycles. The maximum atomic E-state index is 13.1. The summed E-state index contributed by atoms with van der Waals surface area (Å²) in [6.07, 6.45) is 3.70. The number of carboxylic acid groups (broad SMARTS) is 1. The Morgan fingerprint density at radius 2 is 1.00 bits per heavy atom. The van der Waals surface area contributed by atoms with Gasteiger partial charge in [0.1, 0.15) is 81.5 Å². The van der Waals surface area contributed by atoms with Gasteiger partial charge >= 0.3 is 11.9 Å². The molecule has 0 aliphatic carbocycles. The Morgan fingerprint density at radius 3 is 1.46 bits per heavy atom. The molecule has 0 unspecified atom stereocenters. The van der Waals surface area contributed by atoms with Gasteiger partial charge in [0.2, 0.25) is 0 Å². The van der Waals surface area contributed by atoms with Gasteiger partial charge in [0.15, 0.2) is 0 Å². The lowest BCUT2D eigenvalue weighted by atomic mass is 10.2. The lowest BCUT2D eigenvalue weighted by Gasteiger charge is -2.09. The van der Waals surface area contributed by atoms with E-state index in [9.17, 15) is 23.5 Å². The first kappa shape index (κ1) is 39.0. The standard InChI is InChI=1S/C24H17FN2O3.C23H15FN2O3/c1-29-24(28)19-6-2-3-7-22(19)30-16-20-21(27-15-5-4-8-23(27)26-20)14-11-17-9-12-18(25)13-10-17;24-17-11-8-16(9-12-17)10-13-20-19(25-22-7-3-4-14-26(20)22)15-29-21-6-2-1-5-18(21)23(27)28/h2-10,12-13,15H,16H2,1H3;1-9,11-12,14H,15H2,(H,27,28). The number of para-hydroxylation sites is 2. The van der Waals surface area contributed by atoms with Gasteiger partial charge in [-0.1, -0.05) is 48.2 Å². The zero-order chi connectivity index (χ0) is 41.1. The zero-order valence-electron chi connectivity index (χ0n) is 31.3.